The van der Waals surface area contributed by atoms with Gasteiger partial charge in [-0.1, -0.05) is 6.42 Å². The van der Waals surface area contributed by atoms with Gasteiger partial charge in [0.15, 0.2) is 0 Å². The summed E-state index contributed by atoms with van der Waals surface area (Å²) in [6, 6.07) is 13.6. The summed E-state index contributed by atoms with van der Waals surface area (Å²) in [4.78, 5) is 12.6. The molecular formula is C19H21IN2O3S. The molecule has 1 heterocycles. The SMILES string of the molecule is CC1CCCCN1S(=O)(=O)c1ccc(C(=O)Nc2ccc(I)cc2)cc1. The highest BCUT2D eigenvalue weighted by molar-refractivity contribution is 14.1. The zero-order chi connectivity index (χ0) is 18.7. The van der Waals surface area contributed by atoms with E-state index in [0.29, 0.717) is 17.8 Å². The van der Waals surface area contributed by atoms with Crippen molar-refractivity contribution >= 4 is 44.2 Å². The molecule has 0 bridgehead atoms. The third kappa shape index (κ3) is 4.27. The summed E-state index contributed by atoms with van der Waals surface area (Å²) in [6.07, 6.45) is 2.83. The number of anilines is 1. The molecule has 26 heavy (non-hydrogen) atoms. The van der Waals surface area contributed by atoms with Crippen LogP contribution >= 0.6 is 22.6 Å². The molecule has 1 aliphatic rings. The van der Waals surface area contributed by atoms with E-state index in [4.69, 9.17) is 0 Å². The molecule has 0 aromatic heterocycles. The van der Waals surface area contributed by atoms with E-state index >= 15 is 0 Å². The predicted molar refractivity (Wildman–Crippen MR) is 111 cm³/mol. The van der Waals surface area contributed by atoms with E-state index in [-0.39, 0.29) is 16.8 Å². The van der Waals surface area contributed by atoms with E-state index in [9.17, 15) is 13.2 Å². The zero-order valence-electron chi connectivity index (χ0n) is 14.5. The minimum atomic E-state index is -3.52. The first-order valence-corrected chi connectivity index (χ1v) is 11.1. The molecular weight excluding hydrogens is 463 g/mol. The van der Waals surface area contributed by atoms with Gasteiger partial charge >= 0.3 is 0 Å². The van der Waals surface area contributed by atoms with Gasteiger partial charge in [0.1, 0.15) is 0 Å². The topological polar surface area (TPSA) is 66.5 Å². The summed E-state index contributed by atoms with van der Waals surface area (Å²) < 4.78 is 28.3. The van der Waals surface area contributed by atoms with E-state index in [1.54, 1.807) is 16.4 Å². The van der Waals surface area contributed by atoms with Crippen LogP contribution in [0.25, 0.3) is 0 Å². The number of nitrogens with one attached hydrogen (secondary N) is 1. The minimum Gasteiger partial charge on any atom is -0.322 e. The second kappa shape index (κ2) is 8.06. The molecule has 1 unspecified atom stereocenters. The van der Waals surface area contributed by atoms with Crippen molar-refractivity contribution in [3.8, 4) is 0 Å². The van der Waals surface area contributed by atoms with Crippen molar-refractivity contribution in [2.75, 3.05) is 11.9 Å². The Kier molecular flexibility index (Phi) is 5.99. The number of halogens is 1. The van der Waals surface area contributed by atoms with Gasteiger partial charge in [-0.3, -0.25) is 4.79 Å². The number of sulfonamides is 1. The molecule has 1 amide bonds. The molecule has 1 saturated heterocycles. The molecule has 1 N–H and O–H groups in total. The summed E-state index contributed by atoms with van der Waals surface area (Å²) >= 11 is 2.20. The van der Waals surface area contributed by atoms with Crippen LogP contribution in [0.3, 0.4) is 0 Å². The van der Waals surface area contributed by atoms with E-state index < -0.39 is 10.0 Å². The Balaban J connectivity index is 1.75. The van der Waals surface area contributed by atoms with Crippen LogP contribution in [0.2, 0.25) is 0 Å². The van der Waals surface area contributed by atoms with Gasteiger partial charge in [0.05, 0.1) is 4.90 Å². The first kappa shape index (κ1) is 19.3. The Bertz CT molecular complexity index is 880. The van der Waals surface area contributed by atoms with Crippen LogP contribution in [0.4, 0.5) is 5.69 Å². The van der Waals surface area contributed by atoms with Crippen molar-refractivity contribution in [3.63, 3.8) is 0 Å². The number of amides is 1. The normalized spacial score (nSPS) is 18.5. The Hall–Kier alpha value is -1.45. The van der Waals surface area contributed by atoms with Crippen LogP contribution in [0.15, 0.2) is 53.4 Å². The van der Waals surface area contributed by atoms with Crippen LogP contribution in [0, 0.1) is 3.57 Å². The van der Waals surface area contributed by atoms with Crippen LogP contribution in [0.5, 0.6) is 0 Å². The molecule has 0 radical (unpaired) electrons. The van der Waals surface area contributed by atoms with Gasteiger partial charge in [-0.25, -0.2) is 8.42 Å². The fourth-order valence-electron chi connectivity index (χ4n) is 3.08. The molecule has 138 valence electrons. The van der Waals surface area contributed by atoms with Crippen LogP contribution in [-0.4, -0.2) is 31.2 Å². The lowest BCUT2D eigenvalue weighted by Gasteiger charge is -2.32. The number of carbonyl (C=O) groups excluding carboxylic acids is 1. The van der Waals surface area contributed by atoms with Gasteiger partial charge in [0, 0.05) is 27.4 Å². The second-order valence-electron chi connectivity index (χ2n) is 6.45. The Labute approximate surface area is 168 Å². The Morgan fingerprint density at radius 2 is 1.73 bits per heavy atom. The lowest BCUT2D eigenvalue weighted by molar-refractivity contribution is 0.102. The van der Waals surface area contributed by atoms with Crippen LogP contribution < -0.4 is 5.32 Å². The molecule has 1 aliphatic heterocycles. The number of benzene rings is 2. The lowest BCUT2D eigenvalue weighted by atomic mass is 10.1. The number of hydrogen-bond acceptors (Lipinski definition) is 3. The Morgan fingerprint density at radius 3 is 2.35 bits per heavy atom. The van der Waals surface area contributed by atoms with E-state index in [2.05, 4.69) is 27.9 Å². The van der Waals surface area contributed by atoms with E-state index in [0.717, 1.165) is 22.8 Å². The molecule has 2 aromatic carbocycles. The summed E-state index contributed by atoms with van der Waals surface area (Å²) in [5, 5.41) is 2.81. The highest BCUT2D eigenvalue weighted by atomic mass is 127. The van der Waals surface area contributed by atoms with Crippen molar-refractivity contribution in [2.45, 2.75) is 37.1 Å². The third-order valence-electron chi connectivity index (χ3n) is 4.57. The maximum Gasteiger partial charge on any atom is 0.255 e. The van der Waals surface area contributed by atoms with Gasteiger partial charge in [-0.2, -0.15) is 4.31 Å². The third-order valence-corrected chi connectivity index (χ3v) is 7.31. The average Bonchev–Trinajstić information content (AvgIpc) is 2.64. The zero-order valence-corrected chi connectivity index (χ0v) is 17.5. The maximum atomic E-state index is 12.8. The van der Waals surface area contributed by atoms with Gasteiger partial charge in [-0.15, -0.1) is 0 Å². The van der Waals surface area contributed by atoms with Crippen molar-refractivity contribution < 1.29 is 13.2 Å². The fourth-order valence-corrected chi connectivity index (χ4v) is 5.14. The number of nitrogens with zero attached hydrogens (tertiary/aromatic N) is 1. The standard InChI is InChI=1S/C19H21IN2O3S/c1-14-4-2-3-13-22(14)26(24,25)18-11-5-15(6-12-18)19(23)21-17-9-7-16(20)8-10-17/h5-12,14H,2-4,13H2,1H3,(H,21,23). The van der Waals surface area contributed by atoms with Gasteiger partial charge < -0.3 is 5.32 Å². The molecule has 5 nitrogen and oxygen atoms in total. The van der Waals surface area contributed by atoms with Crippen LogP contribution in [0.1, 0.15) is 36.5 Å². The first-order chi connectivity index (χ1) is 12.4. The highest BCUT2D eigenvalue weighted by Crippen LogP contribution is 2.25. The number of carbonyl (C=O) groups is 1. The molecule has 1 fully saturated rings. The smallest absolute Gasteiger partial charge is 0.255 e. The van der Waals surface area contributed by atoms with Crippen molar-refractivity contribution in [3.05, 3.63) is 57.7 Å². The number of piperidine rings is 1. The maximum absolute atomic E-state index is 12.8. The number of hydrogen-bond donors (Lipinski definition) is 1. The van der Waals surface area contributed by atoms with E-state index in [1.165, 1.54) is 12.1 Å². The molecule has 3 rings (SSSR count). The molecule has 1 atom stereocenters. The molecule has 0 aliphatic carbocycles. The fraction of sp³-hybridized carbons (Fsp3) is 0.316. The van der Waals surface area contributed by atoms with Crippen molar-refractivity contribution in [1.82, 2.24) is 4.31 Å². The highest BCUT2D eigenvalue weighted by Gasteiger charge is 2.30. The Morgan fingerprint density at radius 1 is 1.08 bits per heavy atom. The largest absolute Gasteiger partial charge is 0.322 e. The molecule has 2 aromatic rings. The average molecular weight is 484 g/mol. The first-order valence-electron chi connectivity index (χ1n) is 8.57. The van der Waals surface area contributed by atoms with E-state index in [1.807, 2.05) is 31.2 Å². The number of rotatable bonds is 4. The quantitative estimate of drug-likeness (QED) is 0.665. The summed E-state index contributed by atoms with van der Waals surface area (Å²) in [6.45, 7) is 2.50. The second-order valence-corrected chi connectivity index (χ2v) is 9.58. The summed E-state index contributed by atoms with van der Waals surface area (Å²) in [7, 11) is -3.52. The van der Waals surface area contributed by atoms with Crippen molar-refractivity contribution in [1.29, 1.82) is 0 Å². The van der Waals surface area contributed by atoms with Crippen molar-refractivity contribution in [2.24, 2.45) is 0 Å². The molecule has 7 heteroatoms. The summed E-state index contributed by atoms with van der Waals surface area (Å²) in [5.74, 6) is -0.263. The monoisotopic (exact) mass is 484 g/mol. The van der Waals surface area contributed by atoms with Gasteiger partial charge in [0.25, 0.3) is 5.91 Å². The minimum absolute atomic E-state index is 0.0117. The molecule has 0 saturated carbocycles. The predicted octanol–water partition coefficient (Wildman–Crippen LogP) is 4.11. The molecule has 0 spiro atoms. The van der Waals surface area contributed by atoms with Gasteiger partial charge in [-0.05, 0) is 90.9 Å². The summed E-state index contributed by atoms with van der Waals surface area (Å²) in [5.41, 5.74) is 1.13. The van der Waals surface area contributed by atoms with Gasteiger partial charge in [0.2, 0.25) is 10.0 Å². The van der Waals surface area contributed by atoms with Crippen LogP contribution in [-0.2, 0) is 10.0 Å². The lowest BCUT2D eigenvalue weighted by Crippen LogP contribution is -2.41.